The summed E-state index contributed by atoms with van der Waals surface area (Å²) in [6, 6.07) is 8.22. The second-order valence-electron chi connectivity index (χ2n) is 10.5. The van der Waals surface area contributed by atoms with Crippen molar-refractivity contribution in [3.05, 3.63) is 52.3 Å². The van der Waals surface area contributed by atoms with E-state index < -0.39 is 57.1 Å². The molecule has 5 rings (SSSR count). The maximum absolute atomic E-state index is 13.9. The van der Waals surface area contributed by atoms with Crippen LogP contribution in [0.25, 0.3) is 0 Å². The number of nitrogens with one attached hydrogen (secondary N) is 1. The van der Waals surface area contributed by atoms with Gasteiger partial charge in [-0.1, -0.05) is 29.3 Å². The van der Waals surface area contributed by atoms with Crippen molar-refractivity contribution < 1.29 is 40.7 Å². The number of alkyl carbamates (subject to hydrolysis) is 1. The van der Waals surface area contributed by atoms with E-state index in [1.54, 1.807) is 6.07 Å². The molecular weight excluding hydrogens is 624 g/mol. The summed E-state index contributed by atoms with van der Waals surface area (Å²) in [5, 5.41) is 10.4. The number of nitriles is 1. The maximum Gasteiger partial charge on any atom is 0.422 e. The molecule has 3 fully saturated rings. The molecule has 2 atom stereocenters. The number of aromatic nitrogens is 1. The van der Waals surface area contributed by atoms with Crippen LogP contribution >= 0.6 is 23.2 Å². The van der Waals surface area contributed by atoms with E-state index in [-0.39, 0.29) is 33.8 Å². The van der Waals surface area contributed by atoms with E-state index in [0.717, 1.165) is 18.2 Å². The van der Waals surface area contributed by atoms with Crippen molar-refractivity contribution in [3.63, 3.8) is 0 Å². The van der Waals surface area contributed by atoms with Gasteiger partial charge in [-0.2, -0.15) is 18.4 Å². The third kappa shape index (κ3) is 6.09. The zero-order valence-corrected chi connectivity index (χ0v) is 24.0. The summed E-state index contributed by atoms with van der Waals surface area (Å²) in [5.41, 5.74) is -1.50. The van der Waals surface area contributed by atoms with Gasteiger partial charge in [0.2, 0.25) is 5.91 Å². The number of hydrogen-bond acceptors (Lipinski definition) is 8. The van der Waals surface area contributed by atoms with Crippen molar-refractivity contribution in [2.24, 2.45) is 0 Å². The lowest BCUT2D eigenvalue weighted by molar-refractivity contribution is -0.153. The molecule has 224 valence electrons. The van der Waals surface area contributed by atoms with E-state index in [1.165, 1.54) is 17.2 Å². The minimum atomic E-state index is -4.61. The summed E-state index contributed by atoms with van der Waals surface area (Å²) in [4.78, 5) is 31.4. The summed E-state index contributed by atoms with van der Waals surface area (Å²) in [5.74, 6) is -0.748. The van der Waals surface area contributed by atoms with Gasteiger partial charge in [-0.25, -0.2) is 18.2 Å². The zero-order valence-electron chi connectivity index (χ0n) is 21.7. The largest absolute Gasteiger partial charge is 0.484 e. The summed E-state index contributed by atoms with van der Waals surface area (Å²) in [6.07, 6.45) is -3.96. The quantitative estimate of drug-likeness (QED) is 0.412. The van der Waals surface area contributed by atoms with Crippen molar-refractivity contribution in [1.82, 2.24) is 15.2 Å². The molecule has 42 heavy (non-hydrogen) atoms. The predicted molar refractivity (Wildman–Crippen MR) is 141 cm³/mol. The van der Waals surface area contributed by atoms with Gasteiger partial charge < -0.3 is 19.7 Å². The molecule has 16 heteroatoms. The lowest BCUT2D eigenvalue weighted by Crippen LogP contribution is -2.47. The first-order valence-electron chi connectivity index (χ1n) is 12.7. The summed E-state index contributed by atoms with van der Waals surface area (Å²) >= 11 is 12.1. The van der Waals surface area contributed by atoms with Gasteiger partial charge in [0.25, 0.3) is 0 Å². The van der Waals surface area contributed by atoms with Crippen LogP contribution in [-0.2, 0) is 24.8 Å². The van der Waals surface area contributed by atoms with Crippen molar-refractivity contribution in [1.29, 1.82) is 5.26 Å². The third-order valence-corrected chi connectivity index (χ3v) is 10.3. The number of likely N-dealkylation sites (tertiary alicyclic amines) is 1. The summed E-state index contributed by atoms with van der Waals surface area (Å²) in [6.45, 7) is -1.94. The molecule has 2 amide bonds. The third-order valence-electron chi connectivity index (χ3n) is 7.51. The standard InChI is InChI=1S/C26H23Cl2F3N4O6S/c27-18-9-16(40-14-26(29,30)31)2-3-19(18)42(38,39)17-10-21(41-23(37)34-24(13-32)5-6-24)35(12-17)22(36)25(7-8-25)15-1-4-20(28)33-11-15/h1-4,9,11,17,21H,5-8,10,12,14H2,(H,34,37)/t17-,21?/m1/s1. The molecule has 0 spiro atoms. The first-order valence-corrected chi connectivity index (χ1v) is 15.0. The molecule has 1 unspecified atom stereocenters. The molecule has 1 saturated heterocycles. The van der Waals surface area contributed by atoms with Crippen molar-refractivity contribution in [2.45, 2.75) is 65.6 Å². The molecule has 1 aromatic heterocycles. The van der Waals surface area contributed by atoms with E-state index in [2.05, 4.69) is 15.0 Å². The van der Waals surface area contributed by atoms with E-state index in [1.807, 2.05) is 6.07 Å². The SMILES string of the molecule is N#CC1(NC(=O)OC2C[C@@H](S(=O)(=O)c3ccc(OCC(F)(F)F)cc3Cl)CN2C(=O)C2(c3ccc(Cl)nc3)CC2)CC1. The van der Waals surface area contributed by atoms with Crippen LogP contribution < -0.4 is 10.1 Å². The molecule has 2 saturated carbocycles. The van der Waals surface area contributed by atoms with Gasteiger partial charge in [-0.05, 0) is 49.4 Å². The molecule has 1 aliphatic heterocycles. The molecule has 3 aliphatic rings. The van der Waals surface area contributed by atoms with E-state index in [0.29, 0.717) is 31.2 Å². The predicted octanol–water partition coefficient (Wildman–Crippen LogP) is 4.54. The second kappa shape index (κ2) is 10.8. The molecule has 2 heterocycles. The minimum Gasteiger partial charge on any atom is -0.484 e. The first kappa shape index (κ1) is 30.2. The lowest BCUT2D eigenvalue weighted by atomic mass is 9.96. The monoisotopic (exact) mass is 646 g/mol. The summed E-state index contributed by atoms with van der Waals surface area (Å²) < 4.78 is 75.1. The first-order chi connectivity index (χ1) is 19.7. The molecular formula is C26H23Cl2F3N4O6S. The molecule has 0 bridgehead atoms. The van der Waals surface area contributed by atoms with Crippen LogP contribution in [0.4, 0.5) is 18.0 Å². The molecule has 2 aromatic rings. The van der Waals surface area contributed by atoms with Gasteiger partial charge in [-0.3, -0.25) is 4.79 Å². The number of sulfone groups is 1. The van der Waals surface area contributed by atoms with E-state index in [9.17, 15) is 36.4 Å². The number of carbonyl (C=O) groups excluding carboxylic acids is 2. The normalized spacial score (nSPS) is 22.1. The fourth-order valence-corrected chi connectivity index (χ4v) is 7.21. The number of nitrogens with zero attached hydrogens (tertiary/aromatic N) is 3. The molecule has 10 nitrogen and oxygen atoms in total. The Morgan fingerprint density at radius 1 is 1.17 bits per heavy atom. The highest BCUT2D eigenvalue weighted by molar-refractivity contribution is 7.92. The number of amides is 2. The van der Waals surface area contributed by atoms with Crippen molar-refractivity contribution in [3.8, 4) is 11.8 Å². The molecule has 1 aromatic carbocycles. The van der Waals surface area contributed by atoms with E-state index in [4.69, 9.17) is 27.9 Å². The van der Waals surface area contributed by atoms with Gasteiger partial charge in [-0.15, -0.1) is 0 Å². The van der Waals surface area contributed by atoms with Gasteiger partial charge in [0.15, 0.2) is 22.7 Å². The zero-order chi connectivity index (χ0) is 30.5. The average molecular weight is 647 g/mol. The smallest absolute Gasteiger partial charge is 0.422 e. The Morgan fingerprint density at radius 3 is 2.43 bits per heavy atom. The van der Waals surface area contributed by atoms with Crippen LogP contribution in [0.5, 0.6) is 5.75 Å². The average Bonchev–Trinajstić information content (AvgIpc) is 3.84. The van der Waals surface area contributed by atoms with Crippen LogP contribution in [0.15, 0.2) is 41.4 Å². The Bertz CT molecular complexity index is 1560. The van der Waals surface area contributed by atoms with Crippen LogP contribution in [0.3, 0.4) is 0 Å². The number of hydrogen-bond donors (Lipinski definition) is 1. The maximum atomic E-state index is 13.9. The number of carbonyl (C=O) groups is 2. The van der Waals surface area contributed by atoms with Gasteiger partial charge >= 0.3 is 12.3 Å². The molecule has 2 aliphatic carbocycles. The number of alkyl halides is 3. The molecule has 0 radical (unpaired) electrons. The van der Waals surface area contributed by atoms with Gasteiger partial charge in [0.1, 0.15) is 16.4 Å². The Balaban J connectivity index is 1.40. The summed E-state index contributed by atoms with van der Waals surface area (Å²) in [7, 11) is -4.28. The highest BCUT2D eigenvalue weighted by Crippen LogP contribution is 2.51. The van der Waals surface area contributed by atoms with Crippen LogP contribution in [0.2, 0.25) is 10.2 Å². The topological polar surface area (TPSA) is 139 Å². The van der Waals surface area contributed by atoms with Gasteiger partial charge in [0, 0.05) is 25.2 Å². The highest BCUT2D eigenvalue weighted by atomic mass is 35.5. The Morgan fingerprint density at radius 2 is 1.88 bits per heavy atom. The lowest BCUT2D eigenvalue weighted by Gasteiger charge is -2.29. The fraction of sp³-hybridized carbons (Fsp3) is 0.462. The number of halogens is 5. The Labute approximate surface area is 248 Å². The van der Waals surface area contributed by atoms with Crippen LogP contribution in [-0.4, -0.2) is 66.6 Å². The van der Waals surface area contributed by atoms with Crippen molar-refractivity contribution in [2.75, 3.05) is 13.2 Å². The molecule has 1 N–H and O–H groups in total. The number of benzene rings is 1. The van der Waals surface area contributed by atoms with Crippen molar-refractivity contribution >= 4 is 45.0 Å². The van der Waals surface area contributed by atoms with Gasteiger partial charge in [0.05, 0.1) is 26.7 Å². The number of pyridine rings is 1. The highest BCUT2D eigenvalue weighted by Gasteiger charge is 2.57. The fourth-order valence-electron chi connectivity index (χ4n) is 4.88. The number of ether oxygens (including phenoxy) is 2. The van der Waals surface area contributed by atoms with E-state index >= 15 is 0 Å². The van der Waals surface area contributed by atoms with Crippen LogP contribution in [0.1, 0.15) is 37.7 Å². The minimum absolute atomic E-state index is 0.227. The Kier molecular flexibility index (Phi) is 7.74. The number of rotatable bonds is 8. The van der Waals surface area contributed by atoms with Crippen LogP contribution in [0, 0.1) is 11.3 Å². The second-order valence-corrected chi connectivity index (χ2v) is 13.5. The Hall–Kier alpha value is -3.28.